The molecular formula is C21H18N4O2S. The minimum Gasteiger partial charge on any atom is -0.463 e. The number of amides is 1. The molecule has 4 rings (SSSR count). The van der Waals surface area contributed by atoms with E-state index in [9.17, 15) is 4.79 Å². The van der Waals surface area contributed by atoms with Crippen molar-refractivity contribution in [1.82, 2.24) is 15.4 Å². The number of hydrogen-bond acceptors (Lipinski definition) is 5. The number of furan rings is 1. The van der Waals surface area contributed by atoms with Crippen LogP contribution in [0.15, 0.2) is 81.6 Å². The lowest BCUT2D eigenvalue weighted by Gasteiger charge is -2.03. The number of aromatic amines is 1. The minimum absolute atomic E-state index is 0.262. The van der Waals surface area contributed by atoms with Gasteiger partial charge in [0, 0.05) is 11.3 Å². The first-order valence-corrected chi connectivity index (χ1v) is 9.72. The number of rotatable bonds is 6. The average Bonchev–Trinajstić information content (AvgIpc) is 3.40. The third-order valence-corrected chi connectivity index (χ3v) is 5.11. The van der Waals surface area contributed by atoms with Crippen LogP contribution >= 0.6 is 11.8 Å². The number of para-hydroxylation sites is 2. The normalized spacial score (nSPS) is 11.7. The Balaban J connectivity index is 1.35. The highest BCUT2D eigenvalue weighted by atomic mass is 32.2. The van der Waals surface area contributed by atoms with Crippen LogP contribution in [0.1, 0.15) is 28.6 Å². The van der Waals surface area contributed by atoms with E-state index in [-0.39, 0.29) is 5.91 Å². The van der Waals surface area contributed by atoms with E-state index in [1.165, 1.54) is 0 Å². The molecule has 2 N–H and O–H groups in total. The molecule has 0 atom stereocenters. The summed E-state index contributed by atoms with van der Waals surface area (Å²) < 4.78 is 5.24. The number of nitrogens with one attached hydrogen (secondary N) is 2. The Hall–Kier alpha value is -3.32. The van der Waals surface area contributed by atoms with Crippen LogP contribution in [-0.4, -0.2) is 21.6 Å². The lowest BCUT2D eigenvalue weighted by atomic mass is 10.1. The van der Waals surface area contributed by atoms with Crippen LogP contribution in [0.3, 0.4) is 0 Å². The van der Waals surface area contributed by atoms with Gasteiger partial charge in [-0.2, -0.15) is 5.10 Å². The quantitative estimate of drug-likeness (QED) is 0.286. The number of fused-ring (bicyclic) bond motifs is 1. The second kappa shape index (κ2) is 8.14. The zero-order valence-electron chi connectivity index (χ0n) is 15.2. The molecule has 0 radical (unpaired) electrons. The Morgan fingerprint density at radius 2 is 1.96 bits per heavy atom. The highest BCUT2D eigenvalue weighted by molar-refractivity contribution is 7.98. The lowest BCUT2D eigenvalue weighted by molar-refractivity contribution is 0.0955. The van der Waals surface area contributed by atoms with Crippen LogP contribution in [0.5, 0.6) is 0 Å². The first-order valence-electron chi connectivity index (χ1n) is 8.74. The molecule has 2 heterocycles. The summed E-state index contributed by atoms with van der Waals surface area (Å²) in [4.78, 5) is 20.1. The monoisotopic (exact) mass is 390 g/mol. The van der Waals surface area contributed by atoms with E-state index in [0.29, 0.717) is 17.0 Å². The first kappa shape index (κ1) is 18.1. The topological polar surface area (TPSA) is 83.3 Å². The number of aromatic nitrogens is 2. The second-order valence-electron chi connectivity index (χ2n) is 6.16. The summed E-state index contributed by atoms with van der Waals surface area (Å²) in [5.41, 5.74) is 6.81. The molecule has 2 aromatic carbocycles. The maximum Gasteiger partial charge on any atom is 0.271 e. The van der Waals surface area contributed by atoms with Gasteiger partial charge in [0.05, 0.1) is 17.3 Å². The van der Waals surface area contributed by atoms with E-state index in [1.807, 2.05) is 36.4 Å². The van der Waals surface area contributed by atoms with Crippen molar-refractivity contribution in [2.75, 3.05) is 0 Å². The SMILES string of the molecule is C/C(=N\NC(=O)c1ccc(CSc2nc3ccccc3[nH]2)cc1)c1ccco1. The van der Waals surface area contributed by atoms with Gasteiger partial charge in [0.15, 0.2) is 5.16 Å². The van der Waals surface area contributed by atoms with E-state index >= 15 is 0 Å². The van der Waals surface area contributed by atoms with Gasteiger partial charge in [0.2, 0.25) is 0 Å². The van der Waals surface area contributed by atoms with Crippen molar-refractivity contribution in [3.63, 3.8) is 0 Å². The van der Waals surface area contributed by atoms with Crippen molar-refractivity contribution in [2.24, 2.45) is 5.10 Å². The van der Waals surface area contributed by atoms with E-state index in [0.717, 1.165) is 27.5 Å². The van der Waals surface area contributed by atoms with Gasteiger partial charge < -0.3 is 9.40 Å². The van der Waals surface area contributed by atoms with Gasteiger partial charge in [-0.1, -0.05) is 36.0 Å². The zero-order valence-corrected chi connectivity index (χ0v) is 16.0. The van der Waals surface area contributed by atoms with Crippen LogP contribution in [0.25, 0.3) is 11.0 Å². The summed E-state index contributed by atoms with van der Waals surface area (Å²) in [7, 11) is 0. The molecule has 0 saturated heterocycles. The predicted molar refractivity (Wildman–Crippen MR) is 110 cm³/mol. The van der Waals surface area contributed by atoms with E-state index in [4.69, 9.17) is 4.42 Å². The van der Waals surface area contributed by atoms with Crippen LogP contribution in [0, 0.1) is 0 Å². The van der Waals surface area contributed by atoms with Gasteiger partial charge in [0.1, 0.15) is 11.5 Å². The van der Waals surface area contributed by atoms with E-state index < -0.39 is 0 Å². The van der Waals surface area contributed by atoms with Crippen molar-refractivity contribution < 1.29 is 9.21 Å². The second-order valence-corrected chi connectivity index (χ2v) is 7.12. The summed E-state index contributed by atoms with van der Waals surface area (Å²) in [5.74, 6) is 1.12. The number of thioether (sulfide) groups is 1. The maximum absolute atomic E-state index is 12.2. The third kappa shape index (κ3) is 4.15. The van der Waals surface area contributed by atoms with Gasteiger partial charge in [-0.3, -0.25) is 4.79 Å². The molecule has 0 fully saturated rings. The highest BCUT2D eigenvalue weighted by Crippen LogP contribution is 2.23. The van der Waals surface area contributed by atoms with Gasteiger partial charge in [-0.05, 0) is 48.9 Å². The predicted octanol–water partition coefficient (Wildman–Crippen LogP) is 4.60. The number of hydrazone groups is 1. The van der Waals surface area contributed by atoms with Crippen molar-refractivity contribution >= 4 is 34.4 Å². The Morgan fingerprint density at radius 1 is 1.14 bits per heavy atom. The molecule has 4 aromatic rings. The molecule has 0 aliphatic rings. The van der Waals surface area contributed by atoms with Crippen LogP contribution < -0.4 is 5.43 Å². The number of nitrogens with zero attached hydrogens (tertiary/aromatic N) is 2. The summed E-state index contributed by atoms with van der Waals surface area (Å²) >= 11 is 1.63. The fourth-order valence-electron chi connectivity index (χ4n) is 2.64. The molecule has 140 valence electrons. The number of H-pyrrole nitrogens is 1. The molecule has 28 heavy (non-hydrogen) atoms. The van der Waals surface area contributed by atoms with Crippen molar-refractivity contribution in [3.05, 3.63) is 83.8 Å². The number of carbonyl (C=O) groups excluding carboxylic acids is 1. The van der Waals surface area contributed by atoms with Crippen LogP contribution in [-0.2, 0) is 5.75 Å². The number of hydrogen-bond donors (Lipinski definition) is 2. The average molecular weight is 390 g/mol. The van der Waals surface area contributed by atoms with Crippen molar-refractivity contribution in [3.8, 4) is 0 Å². The summed E-state index contributed by atoms with van der Waals surface area (Å²) in [6.07, 6.45) is 1.57. The molecule has 0 saturated carbocycles. The van der Waals surface area contributed by atoms with Crippen LogP contribution in [0.2, 0.25) is 0 Å². The van der Waals surface area contributed by atoms with Crippen molar-refractivity contribution in [2.45, 2.75) is 17.8 Å². The highest BCUT2D eigenvalue weighted by Gasteiger charge is 2.07. The number of carbonyl (C=O) groups is 1. The summed E-state index contributed by atoms with van der Waals surface area (Å²) in [6.45, 7) is 1.78. The molecule has 0 spiro atoms. The Bertz CT molecular complexity index is 1080. The van der Waals surface area contributed by atoms with E-state index in [1.54, 1.807) is 49.2 Å². The molecule has 0 aliphatic carbocycles. The van der Waals surface area contributed by atoms with Crippen LogP contribution in [0.4, 0.5) is 0 Å². The smallest absolute Gasteiger partial charge is 0.271 e. The lowest BCUT2D eigenvalue weighted by Crippen LogP contribution is -2.19. The zero-order chi connectivity index (χ0) is 19.3. The van der Waals surface area contributed by atoms with Gasteiger partial charge in [0.25, 0.3) is 5.91 Å². The Labute approximate surface area is 166 Å². The standard InChI is InChI=1S/C21H18N4O2S/c1-14(19-7-4-12-27-19)24-25-20(26)16-10-8-15(9-11-16)13-28-21-22-17-5-2-3-6-18(17)23-21/h2-12H,13H2,1H3,(H,22,23)(H,25,26)/b24-14+. The number of benzene rings is 2. The first-order chi connectivity index (χ1) is 13.7. The largest absolute Gasteiger partial charge is 0.463 e. The molecule has 6 nitrogen and oxygen atoms in total. The maximum atomic E-state index is 12.2. The Morgan fingerprint density at radius 3 is 2.71 bits per heavy atom. The molecule has 7 heteroatoms. The molecule has 0 unspecified atom stereocenters. The molecular weight excluding hydrogens is 372 g/mol. The van der Waals surface area contributed by atoms with Gasteiger partial charge in [-0.25, -0.2) is 10.4 Å². The fraction of sp³-hybridized carbons (Fsp3) is 0.0952. The minimum atomic E-state index is -0.262. The van der Waals surface area contributed by atoms with Crippen molar-refractivity contribution in [1.29, 1.82) is 0 Å². The molecule has 2 aromatic heterocycles. The van der Waals surface area contributed by atoms with Gasteiger partial charge >= 0.3 is 0 Å². The fourth-order valence-corrected chi connectivity index (χ4v) is 3.48. The Kier molecular flexibility index (Phi) is 5.25. The number of imidazole rings is 1. The van der Waals surface area contributed by atoms with Gasteiger partial charge in [-0.15, -0.1) is 0 Å². The third-order valence-electron chi connectivity index (χ3n) is 4.16. The molecule has 0 aliphatic heterocycles. The summed E-state index contributed by atoms with van der Waals surface area (Å²) in [5, 5.41) is 4.95. The summed E-state index contributed by atoms with van der Waals surface area (Å²) in [6, 6.07) is 19.0. The van der Waals surface area contributed by atoms with E-state index in [2.05, 4.69) is 20.5 Å². The molecule has 0 bridgehead atoms. The molecule has 1 amide bonds.